The third kappa shape index (κ3) is 3.04. The van der Waals surface area contributed by atoms with E-state index in [2.05, 4.69) is 18.3 Å². The Morgan fingerprint density at radius 2 is 2.00 bits per heavy atom. The summed E-state index contributed by atoms with van der Waals surface area (Å²) in [4.78, 5) is 11.4. The van der Waals surface area contributed by atoms with E-state index in [0.29, 0.717) is 16.9 Å². The highest BCUT2D eigenvalue weighted by atomic mass is 16.1. The molecule has 0 unspecified atom stereocenters. The van der Waals surface area contributed by atoms with Crippen LogP contribution in [0.1, 0.15) is 22.8 Å². The number of amides is 1. The summed E-state index contributed by atoms with van der Waals surface area (Å²) in [5, 5.41) is 3.20. The Morgan fingerprint density at radius 3 is 2.68 bits per heavy atom. The monoisotopic (exact) mass is 255 g/mol. The Morgan fingerprint density at radius 1 is 1.21 bits per heavy atom. The lowest BCUT2D eigenvalue weighted by Gasteiger charge is -2.11. The fourth-order valence-corrected chi connectivity index (χ4v) is 1.90. The fourth-order valence-electron chi connectivity index (χ4n) is 1.90. The number of anilines is 3. The van der Waals surface area contributed by atoms with Gasteiger partial charge in [0.1, 0.15) is 0 Å². The van der Waals surface area contributed by atoms with Gasteiger partial charge in [0.05, 0.1) is 11.3 Å². The highest BCUT2D eigenvalue weighted by molar-refractivity contribution is 6.00. The Kier molecular flexibility index (Phi) is 3.71. The molecule has 0 saturated carbocycles. The van der Waals surface area contributed by atoms with Crippen molar-refractivity contribution >= 4 is 23.0 Å². The van der Waals surface area contributed by atoms with E-state index >= 15 is 0 Å². The van der Waals surface area contributed by atoms with Crippen molar-refractivity contribution in [3.63, 3.8) is 0 Å². The summed E-state index contributed by atoms with van der Waals surface area (Å²) in [5.74, 6) is -0.499. The zero-order chi connectivity index (χ0) is 13.8. The van der Waals surface area contributed by atoms with Crippen molar-refractivity contribution in [3.8, 4) is 0 Å². The number of nitrogens with one attached hydrogen (secondary N) is 1. The van der Waals surface area contributed by atoms with Gasteiger partial charge < -0.3 is 16.8 Å². The predicted octanol–water partition coefficient (Wildman–Crippen LogP) is 2.67. The minimum Gasteiger partial charge on any atom is -0.399 e. The number of rotatable bonds is 4. The van der Waals surface area contributed by atoms with Gasteiger partial charge in [0.2, 0.25) is 0 Å². The molecule has 4 nitrogen and oxygen atoms in total. The van der Waals surface area contributed by atoms with Crippen LogP contribution in [0, 0.1) is 0 Å². The lowest BCUT2D eigenvalue weighted by Crippen LogP contribution is -2.13. The zero-order valence-electron chi connectivity index (χ0n) is 10.8. The second-order valence-electron chi connectivity index (χ2n) is 4.35. The van der Waals surface area contributed by atoms with Gasteiger partial charge in [-0.1, -0.05) is 19.1 Å². The van der Waals surface area contributed by atoms with Crippen LogP contribution in [0.5, 0.6) is 0 Å². The van der Waals surface area contributed by atoms with E-state index in [0.717, 1.165) is 12.1 Å². The van der Waals surface area contributed by atoms with E-state index in [-0.39, 0.29) is 0 Å². The van der Waals surface area contributed by atoms with Crippen LogP contribution in [0.4, 0.5) is 17.1 Å². The van der Waals surface area contributed by atoms with Crippen molar-refractivity contribution in [3.05, 3.63) is 53.6 Å². The number of nitrogen functional groups attached to an aromatic ring is 1. The molecule has 0 radical (unpaired) electrons. The minimum absolute atomic E-state index is 0.391. The molecule has 0 aromatic heterocycles. The summed E-state index contributed by atoms with van der Waals surface area (Å²) in [6, 6.07) is 13.1. The van der Waals surface area contributed by atoms with Crippen molar-refractivity contribution in [1.29, 1.82) is 0 Å². The number of nitrogens with two attached hydrogens (primary N) is 2. The topological polar surface area (TPSA) is 81.1 Å². The first-order chi connectivity index (χ1) is 9.10. The van der Waals surface area contributed by atoms with E-state index in [1.165, 1.54) is 5.56 Å². The first kappa shape index (κ1) is 13.0. The number of primary amides is 1. The molecule has 1 amide bonds. The molecule has 0 heterocycles. The molecule has 0 fully saturated rings. The summed E-state index contributed by atoms with van der Waals surface area (Å²) in [6.45, 7) is 2.09. The first-order valence-corrected chi connectivity index (χ1v) is 6.15. The van der Waals surface area contributed by atoms with Crippen LogP contribution >= 0.6 is 0 Å². The van der Waals surface area contributed by atoms with Gasteiger partial charge in [0.25, 0.3) is 5.91 Å². The summed E-state index contributed by atoms with van der Waals surface area (Å²) < 4.78 is 0. The molecule has 4 heteroatoms. The molecule has 2 aromatic carbocycles. The average Bonchev–Trinajstić information content (AvgIpc) is 2.41. The van der Waals surface area contributed by atoms with Crippen molar-refractivity contribution in [2.75, 3.05) is 11.1 Å². The molecule has 5 N–H and O–H groups in total. The number of carbonyl (C=O) groups excluding carboxylic acids is 1. The molecule has 19 heavy (non-hydrogen) atoms. The summed E-state index contributed by atoms with van der Waals surface area (Å²) >= 11 is 0. The molecule has 0 aliphatic heterocycles. The van der Waals surface area contributed by atoms with E-state index in [1.54, 1.807) is 18.2 Å². The van der Waals surface area contributed by atoms with Crippen LogP contribution in [-0.4, -0.2) is 5.91 Å². The van der Waals surface area contributed by atoms with E-state index in [1.807, 2.05) is 18.2 Å². The smallest absolute Gasteiger partial charge is 0.250 e. The summed E-state index contributed by atoms with van der Waals surface area (Å²) in [6.07, 6.45) is 0.958. The third-order valence-electron chi connectivity index (χ3n) is 2.92. The van der Waals surface area contributed by atoms with Gasteiger partial charge in [0, 0.05) is 11.4 Å². The van der Waals surface area contributed by atoms with Crippen molar-refractivity contribution in [1.82, 2.24) is 0 Å². The number of carbonyl (C=O) groups is 1. The summed E-state index contributed by atoms with van der Waals surface area (Å²) in [7, 11) is 0. The van der Waals surface area contributed by atoms with E-state index < -0.39 is 5.91 Å². The third-order valence-corrected chi connectivity index (χ3v) is 2.92. The van der Waals surface area contributed by atoms with Crippen LogP contribution in [0.15, 0.2) is 42.5 Å². The Hall–Kier alpha value is -2.49. The molecule has 0 atom stereocenters. The van der Waals surface area contributed by atoms with Gasteiger partial charge in [-0.2, -0.15) is 0 Å². The lowest BCUT2D eigenvalue weighted by molar-refractivity contribution is 0.100. The molecular weight excluding hydrogens is 238 g/mol. The Balaban J connectivity index is 2.34. The first-order valence-electron chi connectivity index (χ1n) is 6.15. The fraction of sp³-hybridized carbons (Fsp3) is 0.133. The average molecular weight is 255 g/mol. The zero-order valence-corrected chi connectivity index (χ0v) is 10.8. The van der Waals surface area contributed by atoms with Gasteiger partial charge >= 0.3 is 0 Å². The van der Waals surface area contributed by atoms with Crippen LogP contribution in [0.2, 0.25) is 0 Å². The molecule has 0 aliphatic carbocycles. The SMILES string of the molecule is CCc1cccc(Nc2ccc(N)cc2C(N)=O)c1. The number of hydrogen-bond donors (Lipinski definition) is 3. The lowest BCUT2D eigenvalue weighted by atomic mass is 10.1. The second-order valence-corrected chi connectivity index (χ2v) is 4.35. The van der Waals surface area contributed by atoms with E-state index in [4.69, 9.17) is 11.5 Å². The van der Waals surface area contributed by atoms with Gasteiger partial charge in [-0.05, 0) is 42.3 Å². The highest BCUT2D eigenvalue weighted by Crippen LogP contribution is 2.23. The minimum atomic E-state index is -0.499. The van der Waals surface area contributed by atoms with Crippen molar-refractivity contribution in [2.45, 2.75) is 13.3 Å². The second kappa shape index (κ2) is 5.44. The maximum atomic E-state index is 11.4. The molecule has 0 saturated heterocycles. The molecule has 2 aromatic rings. The van der Waals surface area contributed by atoms with Crippen molar-refractivity contribution < 1.29 is 4.79 Å². The maximum absolute atomic E-state index is 11.4. The highest BCUT2D eigenvalue weighted by Gasteiger charge is 2.08. The number of hydrogen-bond acceptors (Lipinski definition) is 3. The largest absolute Gasteiger partial charge is 0.399 e. The molecule has 98 valence electrons. The number of aryl methyl sites for hydroxylation is 1. The Labute approximate surface area is 112 Å². The van der Waals surface area contributed by atoms with Crippen LogP contribution in [-0.2, 0) is 6.42 Å². The normalized spacial score (nSPS) is 10.2. The van der Waals surface area contributed by atoms with E-state index in [9.17, 15) is 4.79 Å². The maximum Gasteiger partial charge on any atom is 0.250 e. The Bertz CT molecular complexity index is 608. The van der Waals surface area contributed by atoms with Crippen LogP contribution < -0.4 is 16.8 Å². The predicted molar refractivity (Wildman–Crippen MR) is 78.5 cm³/mol. The number of benzene rings is 2. The quantitative estimate of drug-likeness (QED) is 0.735. The molecule has 0 spiro atoms. The molecular formula is C15H17N3O. The van der Waals surface area contributed by atoms with Gasteiger partial charge in [0.15, 0.2) is 0 Å². The summed E-state index contributed by atoms with van der Waals surface area (Å²) in [5.41, 5.74) is 14.7. The van der Waals surface area contributed by atoms with Gasteiger partial charge in [-0.25, -0.2) is 0 Å². The molecule has 0 bridgehead atoms. The van der Waals surface area contributed by atoms with Crippen molar-refractivity contribution in [2.24, 2.45) is 5.73 Å². The molecule has 2 rings (SSSR count). The van der Waals surface area contributed by atoms with Gasteiger partial charge in [-0.15, -0.1) is 0 Å². The van der Waals surface area contributed by atoms with Crippen LogP contribution in [0.3, 0.4) is 0 Å². The van der Waals surface area contributed by atoms with Gasteiger partial charge in [-0.3, -0.25) is 4.79 Å². The molecule has 0 aliphatic rings. The standard InChI is InChI=1S/C15H17N3O/c1-2-10-4-3-5-12(8-10)18-14-7-6-11(16)9-13(14)15(17)19/h3-9,18H,2,16H2,1H3,(H2,17,19). The van der Waals surface area contributed by atoms with Crippen LogP contribution in [0.25, 0.3) is 0 Å².